The van der Waals surface area contributed by atoms with E-state index in [4.69, 9.17) is 4.74 Å². The zero-order valence-electron chi connectivity index (χ0n) is 17.5. The topological polar surface area (TPSA) is 72.3 Å². The van der Waals surface area contributed by atoms with Crippen molar-refractivity contribution in [3.05, 3.63) is 53.3 Å². The number of fused-ring (bicyclic) bond motifs is 3. The van der Waals surface area contributed by atoms with E-state index in [1.165, 1.54) is 28.6 Å². The Morgan fingerprint density at radius 2 is 2.17 bits per heavy atom. The van der Waals surface area contributed by atoms with Gasteiger partial charge in [0.1, 0.15) is 17.7 Å². The molecule has 2 aromatic rings. The van der Waals surface area contributed by atoms with Gasteiger partial charge in [0.2, 0.25) is 0 Å². The summed E-state index contributed by atoms with van der Waals surface area (Å²) in [4.78, 5) is 23.8. The van der Waals surface area contributed by atoms with Gasteiger partial charge in [0.05, 0.1) is 18.8 Å². The number of aryl methyl sites for hydroxylation is 2. The van der Waals surface area contributed by atoms with Gasteiger partial charge in [0.25, 0.3) is 0 Å². The molecule has 0 saturated heterocycles. The summed E-state index contributed by atoms with van der Waals surface area (Å²) in [6.07, 6.45) is 14.7. The highest BCUT2D eigenvalue weighted by Crippen LogP contribution is 2.36. The molecular weight excluding hydrogens is 378 g/mol. The Morgan fingerprint density at radius 1 is 1.27 bits per heavy atom. The molecule has 1 atom stereocenters. The average molecular weight is 406 g/mol. The number of hydrogen-bond acceptors (Lipinski definition) is 4. The normalized spacial score (nSPS) is 20.7. The number of nitrogens with one attached hydrogen (secondary N) is 1. The fourth-order valence-electron chi connectivity index (χ4n) is 4.85. The first kappa shape index (κ1) is 18.9. The number of urea groups is 1. The molecule has 3 aliphatic rings. The number of aromatic nitrogens is 3. The van der Waals surface area contributed by atoms with Gasteiger partial charge in [0.15, 0.2) is 0 Å². The summed E-state index contributed by atoms with van der Waals surface area (Å²) in [5.74, 6) is 0.788. The SMILES string of the molecule is COC1=CC(NC(=O)N2CC=C(c3ncnc4c3c3c(n4C)CCC3)CC2)CC=C1. The highest BCUT2D eigenvalue weighted by Gasteiger charge is 2.26. The first-order chi connectivity index (χ1) is 14.7. The molecule has 0 spiro atoms. The third-order valence-electron chi connectivity index (χ3n) is 6.42. The molecule has 0 radical (unpaired) electrons. The fraction of sp³-hybridized carbons (Fsp3) is 0.435. The molecule has 1 aliphatic heterocycles. The second kappa shape index (κ2) is 7.63. The Labute approximate surface area is 176 Å². The zero-order chi connectivity index (χ0) is 20.7. The quantitative estimate of drug-likeness (QED) is 0.852. The lowest BCUT2D eigenvalue weighted by atomic mass is 10.00. The largest absolute Gasteiger partial charge is 0.497 e. The van der Waals surface area contributed by atoms with E-state index in [0.717, 1.165) is 42.8 Å². The molecule has 156 valence electrons. The van der Waals surface area contributed by atoms with Gasteiger partial charge < -0.3 is 19.5 Å². The van der Waals surface area contributed by atoms with Crippen molar-refractivity contribution in [3.63, 3.8) is 0 Å². The molecule has 0 fully saturated rings. The lowest BCUT2D eigenvalue weighted by Gasteiger charge is -2.28. The van der Waals surface area contributed by atoms with E-state index in [-0.39, 0.29) is 12.1 Å². The minimum absolute atomic E-state index is 0.0313. The zero-order valence-corrected chi connectivity index (χ0v) is 17.5. The molecular formula is C23H27N5O2. The van der Waals surface area contributed by atoms with Crippen molar-refractivity contribution in [1.82, 2.24) is 24.8 Å². The van der Waals surface area contributed by atoms with Gasteiger partial charge in [-0.1, -0.05) is 12.2 Å². The smallest absolute Gasteiger partial charge is 0.318 e. The Bertz CT molecular complexity index is 1090. The van der Waals surface area contributed by atoms with Gasteiger partial charge in [-0.3, -0.25) is 0 Å². The molecule has 7 heteroatoms. The summed E-state index contributed by atoms with van der Waals surface area (Å²) in [6, 6.07) is -0.0676. The second-order valence-corrected chi connectivity index (χ2v) is 8.15. The van der Waals surface area contributed by atoms with E-state index in [9.17, 15) is 4.79 Å². The third-order valence-corrected chi connectivity index (χ3v) is 6.42. The number of carbonyl (C=O) groups excluding carboxylic acids is 1. The lowest BCUT2D eigenvalue weighted by molar-refractivity contribution is 0.200. The van der Waals surface area contributed by atoms with Crippen LogP contribution in [0.25, 0.3) is 16.6 Å². The van der Waals surface area contributed by atoms with Gasteiger partial charge in [-0.2, -0.15) is 0 Å². The summed E-state index contributed by atoms with van der Waals surface area (Å²) < 4.78 is 7.49. The molecule has 30 heavy (non-hydrogen) atoms. The van der Waals surface area contributed by atoms with Crippen LogP contribution < -0.4 is 5.32 Å². The summed E-state index contributed by atoms with van der Waals surface area (Å²) in [7, 11) is 3.75. The Hall–Kier alpha value is -3.09. The molecule has 5 rings (SSSR count). The number of methoxy groups -OCH3 is 1. The van der Waals surface area contributed by atoms with Crippen LogP contribution in [-0.2, 0) is 24.6 Å². The Balaban J connectivity index is 1.34. The van der Waals surface area contributed by atoms with Crippen LogP contribution in [0.4, 0.5) is 4.79 Å². The second-order valence-electron chi connectivity index (χ2n) is 8.15. The van der Waals surface area contributed by atoms with Crippen molar-refractivity contribution in [2.75, 3.05) is 20.2 Å². The van der Waals surface area contributed by atoms with E-state index in [1.54, 1.807) is 13.4 Å². The standard InChI is InChI=1S/C23H27N5O2/c1-27-19-8-4-7-18(19)20-21(24-14-25-22(20)27)15-9-11-28(12-10-15)23(29)26-16-5-3-6-17(13-16)30-2/h3,6,9,13-14,16H,4-5,7-8,10-12H2,1-2H3,(H,26,29). The molecule has 1 N–H and O–H groups in total. The highest BCUT2D eigenvalue weighted by molar-refractivity contribution is 5.93. The first-order valence-corrected chi connectivity index (χ1v) is 10.6. The predicted octanol–water partition coefficient (Wildman–Crippen LogP) is 3.11. The molecule has 7 nitrogen and oxygen atoms in total. The van der Waals surface area contributed by atoms with Crippen LogP contribution in [0, 0.1) is 0 Å². The van der Waals surface area contributed by atoms with Crippen LogP contribution in [0.5, 0.6) is 0 Å². The van der Waals surface area contributed by atoms with Gasteiger partial charge >= 0.3 is 6.03 Å². The van der Waals surface area contributed by atoms with Crippen molar-refractivity contribution in [2.45, 2.75) is 38.1 Å². The van der Waals surface area contributed by atoms with E-state index in [1.807, 2.05) is 23.1 Å². The van der Waals surface area contributed by atoms with Crippen LogP contribution in [0.3, 0.4) is 0 Å². The Morgan fingerprint density at radius 3 is 2.97 bits per heavy atom. The predicted molar refractivity (Wildman–Crippen MR) is 116 cm³/mol. The van der Waals surface area contributed by atoms with Gasteiger partial charge in [0, 0.05) is 31.2 Å². The highest BCUT2D eigenvalue weighted by atomic mass is 16.5. The molecule has 2 aliphatic carbocycles. The van der Waals surface area contributed by atoms with Crippen molar-refractivity contribution in [2.24, 2.45) is 7.05 Å². The van der Waals surface area contributed by atoms with Crippen LogP contribution in [0.15, 0.2) is 36.4 Å². The summed E-state index contributed by atoms with van der Waals surface area (Å²) >= 11 is 0. The maximum absolute atomic E-state index is 12.7. The lowest BCUT2D eigenvalue weighted by Crippen LogP contribution is -2.46. The van der Waals surface area contributed by atoms with Crippen molar-refractivity contribution in [3.8, 4) is 0 Å². The number of rotatable bonds is 3. The summed E-state index contributed by atoms with van der Waals surface area (Å²) in [5, 5.41) is 4.31. The number of nitrogens with zero attached hydrogens (tertiary/aromatic N) is 4. The monoisotopic (exact) mass is 405 g/mol. The number of carbonyl (C=O) groups is 1. The molecule has 2 amide bonds. The van der Waals surface area contributed by atoms with E-state index < -0.39 is 0 Å². The summed E-state index contributed by atoms with van der Waals surface area (Å²) in [6.45, 7) is 1.27. The van der Waals surface area contributed by atoms with Crippen LogP contribution in [0.2, 0.25) is 0 Å². The number of ether oxygens (including phenoxy) is 1. The third kappa shape index (κ3) is 3.18. The molecule has 0 aromatic carbocycles. The minimum atomic E-state index is -0.0364. The average Bonchev–Trinajstić information content (AvgIpc) is 3.37. The van der Waals surface area contributed by atoms with E-state index in [0.29, 0.717) is 13.1 Å². The van der Waals surface area contributed by atoms with E-state index >= 15 is 0 Å². The Kier molecular flexibility index (Phi) is 4.81. The maximum Gasteiger partial charge on any atom is 0.318 e. The van der Waals surface area contributed by atoms with Gasteiger partial charge in [-0.15, -0.1) is 0 Å². The molecule has 3 heterocycles. The minimum Gasteiger partial charge on any atom is -0.497 e. The molecule has 0 saturated carbocycles. The molecule has 2 aromatic heterocycles. The molecule has 1 unspecified atom stereocenters. The number of amides is 2. The first-order valence-electron chi connectivity index (χ1n) is 10.6. The van der Waals surface area contributed by atoms with Gasteiger partial charge in [-0.05, 0) is 55.4 Å². The summed E-state index contributed by atoms with van der Waals surface area (Å²) in [5.41, 5.74) is 6.10. The maximum atomic E-state index is 12.7. The van der Waals surface area contributed by atoms with Crippen LogP contribution >= 0.6 is 0 Å². The fourth-order valence-corrected chi connectivity index (χ4v) is 4.85. The van der Waals surface area contributed by atoms with Crippen LogP contribution in [0.1, 0.15) is 36.2 Å². The van der Waals surface area contributed by atoms with Crippen molar-refractivity contribution < 1.29 is 9.53 Å². The number of allylic oxidation sites excluding steroid dienone is 1. The van der Waals surface area contributed by atoms with Crippen molar-refractivity contribution >= 4 is 22.6 Å². The van der Waals surface area contributed by atoms with Crippen LogP contribution in [-0.4, -0.2) is 51.7 Å². The van der Waals surface area contributed by atoms with Crippen molar-refractivity contribution in [1.29, 1.82) is 0 Å². The number of hydrogen-bond donors (Lipinski definition) is 1. The van der Waals surface area contributed by atoms with Gasteiger partial charge in [-0.25, -0.2) is 14.8 Å². The van der Waals surface area contributed by atoms with E-state index in [2.05, 4.69) is 33.0 Å². The molecule has 0 bridgehead atoms.